The van der Waals surface area contributed by atoms with Gasteiger partial charge in [0.25, 0.3) is 0 Å². The molecule has 6 heteroatoms. The monoisotopic (exact) mass is 362 g/mol. The molecule has 134 valence electrons. The molecule has 0 saturated heterocycles. The van der Waals surface area contributed by atoms with Gasteiger partial charge in [-0.15, -0.1) is 11.8 Å². The van der Waals surface area contributed by atoms with Crippen molar-refractivity contribution in [3.8, 4) is 0 Å². The molecule has 1 aliphatic carbocycles. The fraction of sp³-hybridized carbons (Fsp3) is 0.421. The molecule has 0 bridgehead atoms. The minimum absolute atomic E-state index is 0.0533. The van der Waals surface area contributed by atoms with E-state index in [4.69, 9.17) is 4.74 Å². The number of hydrogen-bond acceptors (Lipinski definition) is 6. The predicted octanol–water partition coefficient (Wildman–Crippen LogP) is 3.03. The lowest BCUT2D eigenvalue weighted by molar-refractivity contribution is -0.141. The van der Waals surface area contributed by atoms with Gasteiger partial charge in [-0.05, 0) is 30.9 Å². The number of benzene rings is 1. The van der Waals surface area contributed by atoms with Crippen LogP contribution in [0.4, 0.5) is 0 Å². The number of methoxy groups -OCH3 is 2. The van der Waals surface area contributed by atoms with Gasteiger partial charge in [0.05, 0.1) is 14.2 Å². The van der Waals surface area contributed by atoms with Gasteiger partial charge in [0, 0.05) is 22.8 Å². The van der Waals surface area contributed by atoms with E-state index < -0.39 is 17.1 Å². The summed E-state index contributed by atoms with van der Waals surface area (Å²) < 4.78 is 9.64. The summed E-state index contributed by atoms with van der Waals surface area (Å²) in [7, 11) is 2.63. The summed E-state index contributed by atoms with van der Waals surface area (Å²) >= 11 is 1.39. The van der Waals surface area contributed by atoms with Crippen LogP contribution in [0.1, 0.15) is 19.3 Å². The minimum atomic E-state index is -0.524. The zero-order chi connectivity index (χ0) is 18.4. The summed E-state index contributed by atoms with van der Waals surface area (Å²) in [5.41, 5.74) is 0.251. The minimum Gasteiger partial charge on any atom is -0.468 e. The second-order valence-electron chi connectivity index (χ2n) is 5.95. The second-order valence-corrected chi connectivity index (χ2v) is 7.16. The van der Waals surface area contributed by atoms with Crippen molar-refractivity contribution in [3.05, 3.63) is 42.5 Å². The molecule has 3 atom stereocenters. The van der Waals surface area contributed by atoms with Crippen LogP contribution in [0.25, 0.3) is 0 Å². The lowest BCUT2D eigenvalue weighted by atomic mass is 9.87. The van der Waals surface area contributed by atoms with Crippen LogP contribution in [0.15, 0.2) is 47.4 Å². The molecule has 25 heavy (non-hydrogen) atoms. The van der Waals surface area contributed by atoms with Crippen LogP contribution in [0, 0.1) is 11.8 Å². The highest BCUT2D eigenvalue weighted by molar-refractivity contribution is 8.00. The lowest BCUT2D eigenvalue weighted by Crippen LogP contribution is -2.32. The Morgan fingerprint density at radius 1 is 1.24 bits per heavy atom. The topological polar surface area (TPSA) is 69.7 Å². The van der Waals surface area contributed by atoms with Crippen molar-refractivity contribution in [1.29, 1.82) is 0 Å². The average molecular weight is 362 g/mol. The molecule has 0 aliphatic heterocycles. The Hall–Kier alpha value is -2.08. The molecular formula is C19H22O5S. The molecule has 0 N–H and O–H groups in total. The number of rotatable bonds is 7. The number of ether oxygens (including phenoxy) is 2. The van der Waals surface area contributed by atoms with Gasteiger partial charge in [0.2, 0.25) is 0 Å². The molecule has 1 aromatic rings. The van der Waals surface area contributed by atoms with E-state index in [1.54, 1.807) is 0 Å². The first-order chi connectivity index (χ1) is 12.0. The molecule has 0 heterocycles. The van der Waals surface area contributed by atoms with Crippen LogP contribution in [-0.2, 0) is 23.9 Å². The summed E-state index contributed by atoms with van der Waals surface area (Å²) in [5, 5.41) is -0.505. The van der Waals surface area contributed by atoms with Crippen LogP contribution in [0.3, 0.4) is 0 Å². The summed E-state index contributed by atoms with van der Waals surface area (Å²) in [5.74, 6) is -1.46. The Morgan fingerprint density at radius 2 is 1.92 bits per heavy atom. The summed E-state index contributed by atoms with van der Waals surface area (Å²) in [6.07, 6.45) is 1.20. The normalized spacial score (nSPS) is 20.8. The highest BCUT2D eigenvalue weighted by Gasteiger charge is 2.43. The standard InChI is InChI=1S/C19H22O5S/c1-12(18(21)23-2)11-15-14(9-10-16(15)20)17(19(22)24-3)25-13-7-5-4-6-8-13/h4-8,14-15,17H,1,9-11H2,2-3H3/t14-,15+,17?/m1/s1. The van der Waals surface area contributed by atoms with E-state index in [9.17, 15) is 14.4 Å². The maximum Gasteiger partial charge on any atom is 0.333 e. The molecule has 1 aromatic carbocycles. The summed E-state index contributed by atoms with van der Waals surface area (Å²) in [6.45, 7) is 3.72. The van der Waals surface area contributed by atoms with E-state index in [0.29, 0.717) is 12.8 Å². The summed E-state index contributed by atoms with van der Waals surface area (Å²) in [4.78, 5) is 37.3. The summed E-state index contributed by atoms with van der Waals surface area (Å²) in [6, 6.07) is 9.53. The molecule has 0 amide bonds. The van der Waals surface area contributed by atoms with E-state index in [0.717, 1.165) is 4.90 Å². The van der Waals surface area contributed by atoms with Gasteiger partial charge in [-0.3, -0.25) is 9.59 Å². The molecule has 5 nitrogen and oxygen atoms in total. The van der Waals surface area contributed by atoms with E-state index >= 15 is 0 Å². The van der Waals surface area contributed by atoms with Crippen molar-refractivity contribution < 1.29 is 23.9 Å². The zero-order valence-electron chi connectivity index (χ0n) is 14.4. The Kier molecular flexibility index (Phi) is 6.82. The molecule has 0 radical (unpaired) electrons. The third-order valence-corrected chi connectivity index (χ3v) is 5.76. The molecule has 0 spiro atoms. The van der Waals surface area contributed by atoms with Gasteiger partial charge in [-0.25, -0.2) is 4.79 Å². The SMILES string of the molecule is C=C(C[C@@H]1C(=O)CC[C@H]1C(Sc1ccccc1)C(=O)OC)C(=O)OC. The van der Waals surface area contributed by atoms with E-state index in [1.807, 2.05) is 30.3 Å². The third-order valence-electron chi connectivity index (χ3n) is 4.42. The number of Topliss-reactive ketones (excluding diaryl/α,β-unsaturated/α-hetero) is 1. The van der Waals surface area contributed by atoms with Crippen LogP contribution in [0.2, 0.25) is 0 Å². The largest absolute Gasteiger partial charge is 0.468 e. The first-order valence-electron chi connectivity index (χ1n) is 8.06. The molecule has 1 aliphatic rings. The van der Waals surface area contributed by atoms with E-state index in [2.05, 4.69) is 11.3 Å². The Bertz CT molecular complexity index is 655. The molecule has 1 saturated carbocycles. The van der Waals surface area contributed by atoms with Crippen LogP contribution >= 0.6 is 11.8 Å². The van der Waals surface area contributed by atoms with Gasteiger partial charge in [-0.2, -0.15) is 0 Å². The average Bonchev–Trinajstić information content (AvgIpc) is 2.99. The third kappa shape index (κ3) is 4.72. The highest BCUT2D eigenvalue weighted by Crippen LogP contribution is 2.42. The number of thioether (sulfide) groups is 1. The quantitative estimate of drug-likeness (QED) is 0.422. The maximum atomic E-state index is 12.4. The van der Waals surface area contributed by atoms with Gasteiger partial charge < -0.3 is 9.47 Å². The molecule has 0 aromatic heterocycles. The van der Waals surface area contributed by atoms with Crippen molar-refractivity contribution in [2.75, 3.05) is 14.2 Å². The zero-order valence-corrected chi connectivity index (χ0v) is 15.2. The first kappa shape index (κ1) is 19.2. The van der Waals surface area contributed by atoms with Gasteiger partial charge in [0.1, 0.15) is 11.0 Å². The molecule has 1 fully saturated rings. The predicted molar refractivity (Wildman–Crippen MR) is 95.1 cm³/mol. The van der Waals surface area contributed by atoms with Crippen LogP contribution in [0.5, 0.6) is 0 Å². The number of ketones is 1. The van der Waals surface area contributed by atoms with Crippen LogP contribution < -0.4 is 0 Å². The lowest BCUT2D eigenvalue weighted by Gasteiger charge is -2.25. The molecular weight excluding hydrogens is 340 g/mol. The Balaban J connectivity index is 2.22. The van der Waals surface area contributed by atoms with Crippen molar-refractivity contribution in [1.82, 2.24) is 0 Å². The van der Waals surface area contributed by atoms with Gasteiger partial charge >= 0.3 is 11.9 Å². The smallest absolute Gasteiger partial charge is 0.333 e. The van der Waals surface area contributed by atoms with Gasteiger partial charge in [0.15, 0.2) is 0 Å². The van der Waals surface area contributed by atoms with Crippen LogP contribution in [-0.4, -0.2) is 37.2 Å². The Labute approximate surface area is 151 Å². The molecule has 1 unspecified atom stereocenters. The van der Waals surface area contributed by atoms with E-state index in [-0.39, 0.29) is 29.7 Å². The second kappa shape index (κ2) is 8.85. The Morgan fingerprint density at radius 3 is 2.52 bits per heavy atom. The number of carbonyl (C=O) groups excluding carboxylic acids is 3. The molecule has 2 rings (SSSR count). The van der Waals surface area contributed by atoms with Crippen molar-refractivity contribution in [2.24, 2.45) is 11.8 Å². The fourth-order valence-electron chi connectivity index (χ4n) is 3.13. The van der Waals surface area contributed by atoms with Crippen molar-refractivity contribution in [3.63, 3.8) is 0 Å². The van der Waals surface area contributed by atoms with Gasteiger partial charge in [-0.1, -0.05) is 24.8 Å². The highest BCUT2D eigenvalue weighted by atomic mass is 32.2. The fourth-order valence-corrected chi connectivity index (χ4v) is 4.43. The maximum absolute atomic E-state index is 12.4. The number of carbonyl (C=O) groups is 3. The number of esters is 2. The van der Waals surface area contributed by atoms with E-state index in [1.165, 1.54) is 26.0 Å². The van der Waals surface area contributed by atoms with Crippen molar-refractivity contribution >= 4 is 29.5 Å². The van der Waals surface area contributed by atoms with Crippen molar-refractivity contribution in [2.45, 2.75) is 29.4 Å². The number of hydrogen-bond donors (Lipinski definition) is 0. The first-order valence-corrected chi connectivity index (χ1v) is 8.94.